The van der Waals surface area contributed by atoms with Gasteiger partial charge in [0.2, 0.25) is 5.91 Å². The number of carbonyl (C=O) groups is 2. The van der Waals surface area contributed by atoms with Crippen molar-refractivity contribution in [3.8, 4) is 0 Å². The second-order valence-corrected chi connectivity index (χ2v) is 6.55. The first-order valence-electron chi connectivity index (χ1n) is 8.56. The zero-order chi connectivity index (χ0) is 17.4. The van der Waals surface area contributed by atoms with Crippen molar-refractivity contribution >= 4 is 17.5 Å². The molecule has 2 aromatic rings. The van der Waals surface area contributed by atoms with Crippen LogP contribution in [0.5, 0.6) is 0 Å². The quantitative estimate of drug-likeness (QED) is 0.912. The first-order chi connectivity index (χ1) is 12.1. The standard InChI is InChI=1S/C19H21N3O3/c1-21-8-2-3-16(21)17-12-25-10-9-22(17)19(24)14-4-6-15-13(11-14)5-7-18(23)20-15/h2-4,6,8,11,17H,5,7,9-10,12H2,1H3,(H,20,23)/t17-/m1/s1. The van der Waals surface area contributed by atoms with Crippen LogP contribution in [0.1, 0.15) is 34.1 Å². The predicted octanol–water partition coefficient (Wildman–Crippen LogP) is 2.12. The highest BCUT2D eigenvalue weighted by Crippen LogP contribution is 2.28. The molecule has 1 atom stereocenters. The van der Waals surface area contributed by atoms with Crippen molar-refractivity contribution in [2.24, 2.45) is 7.05 Å². The zero-order valence-electron chi connectivity index (χ0n) is 14.2. The molecular formula is C19H21N3O3. The molecule has 0 bridgehead atoms. The number of hydrogen-bond donors (Lipinski definition) is 1. The molecule has 1 aromatic heterocycles. The van der Waals surface area contributed by atoms with E-state index in [1.54, 1.807) is 6.07 Å². The summed E-state index contributed by atoms with van der Waals surface area (Å²) >= 11 is 0. The number of nitrogens with one attached hydrogen (secondary N) is 1. The van der Waals surface area contributed by atoms with Gasteiger partial charge in [0.1, 0.15) is 0 Å². The van der Waals surface area contributed by atoms with Crippen molar-refractivity contribution in [2.45, 2.75) is 18.9 Å². The van der Waals surface area contributed by atoms with Gasteiger partial charge in [0.25, 0.3) is 5.91 Å². The number of aromatic nitrogens is 1. The Bertz CT molecular complexity index is 827. The summed E-state index contributed by atoms with van der Waals surface area (Å²) in [7, 11) is 1.98. The van der Waals surface area contributed by atoms with Gasteiger partial charge in [-0.25, -0.2) is 0 Å². The second-order valence-electron chi connectivity index (χ2n) is 6.55. The third-order valence-corrected chi connectivity index (χ3v) is 4.96. The van der Waals surface area contributed by atoms with Crippen LogP contribution >= 0.6 is 0 Å². The van der Waals surface area contributed by atoms with Crippen molar-refractivity contribution in [1.82, 2.24) is 9.47 Å². The van der Waals surface area contributed by atoms with Crippen LogP contribution in [-0.2, 0) is 23.0 Å². The van der Waals surface area contributed by atoms with Crippen molar-refractivity contribution in [3.63, 3.8) is 0 Å². The molecule has 0 aliphatic carbocycles. The molecule has 25 heavy (non-hydrogen) atoms. The Morgan fingerprint density at radius 2 is 2.16 bits per heavy atom. The van der Waals surface area contributed by atoms with Crippen LogP contribution in [0, 0.1) is 0 Å². The maximum atomic E-state index is 13.1. The highest BCUT2D eigenvalue weighted by Gasteiger charge is 2.31. The van der Waals surface area contributed by atoms with Gasteiger partial charge < -0.3 is 19.5 Å². The van der Waals surface area contributed by atoms with Crippen LogP contribution in [-0.4, -0.2) is 41.0 Å². The summed E-state index contributed by atoms with van der Waals surface area (Å²) in [6.07, 6.45) is 3.12. The largest absolute Gasteiger partial charge is 0.377 e. The molecule has 1 fully saturated rings. The molecule has 2 amide bonds. The molecule has 0 radical (unpaired) electrons. The highest BCUT2D eigenvalue weighted by molar-refractivity contribution is 5.98. The maximum absolute atomic E-state index is 13.1. The number of hydrogen-bond acceptors (Lipinski definition) is 3. The van der Waals surface area contributed by atoms with Crippen molar-refractivity contribution in [3.05, 3.63) is 53.3 Å². The molecular weight excluding hydrogens is 318 g/mol. The van der Waals surface area contributed by atoms with Gasteiger partial charge in [-0.05, 0) is 42.3 Å². The fourth-order valence-corrected chi connectivity index (χ4v) is 3.59. The van der Waals surface area contributed by atoms with Gasteiger partial charge in [0.15, 0.2) is 0 Å². The normalized spacial score (nSPS) is 20.1. The Kier molecular flexibility index (Phi) is 4.05. The summed E-state index contributed by atoms with van der Waals surface area (Å²) in [5.41, 5.74) is 3.57. The minimum absolute atomic E-state index is 0.00852. The molecule has 0 spiro atoms. The molecule has 1 N–H and O–H groups in total. The van der Waals surface area contributed by atoms with Crippen molar-refractivity contribution < 1.29 is 14.3 Å². The van der Waals surface area contributed by atoms with Crippen LogP contribution in [0.3, 0.4) is 0 Å². The van der Waals surface area contributed by atoms with Crippen LogP contribution in [0.4, 0.5) is 5.69 Å². The lowest BCUT2D eigenvalue weighted by atomic mass is 9.99. The maximum Gasteiger partial charge on any atom is 0.254 e. The Morgan fingerprint density at radius 1 is 1.28 bits per heavy atom. The summed E-state index contributed by atoms with van der Waals surface area (Å²) in [4.78, 5) is 26.5. The molecule has 3 heterocycles. The van der Waals surface area contributed by atoms with E-state index >= 15 is 0 Å². The number of aryl methyl sites for hydroxylation is 2. The number of morpholine rings is 1. The monoisotopic (exact) mass is 339 g/mol. The Morgan fingerprint density at radius 3 is 2.96 bits per heavy atom. The molecule has 6 nitrogen and oxygen atoms in total. The van der Waals surface area contributed by atoms with Crippen LogP contribution in [0.15, 0.2) is 36.5 Å². The number of carbonyl (C=O) groups excluding carboxylic acids is 2. The lowest BCUT2D eigenvalue weighted by Gasteiger charge is -2.36. The number of benzene rings is 1. The van der Waals surface area contributed by atoms with E-state index in [4.69, 9.17) is 4.74 Å². The number of nitrogens with zero attached hydrogens (tertiary/aromatic N) is 2. The van der Waals surface area contributed by atoms with Crippen LogP contribution in [0.2, 0.25) is 0 Å². The number of amides is 2. The molecule has 0 saturated carbocycles. The van der Waals surface area contributed by atoms with Gasteiger partial charge >= 0.3 is 0 Å². The molecule has 1 saturated heterocycles. The second kappa shape index (κ2) is 6.37. The van der Waals surface area contributed by atoms with E-state index < -0.39 is 0 Å². The Labute approximate surface area is 146 Å². The van der Waals surface area contributed by atoms with Gasteiger partial charge in [-0.3, -0.25) is 9.59 Å². The Balaban J connectivity index is 1.63. The first-order valence-corrected chi connectivity index (χ1v) is 8.56. The summed E-state index contributed by atoms with van der Waals surface area (Å²) < 4.78 is 7.65. The fourth-order valence-electron chi connectivity index (χ4n) is 3.59. The molecule has 1 aromatic carbocycles. The number of rotatable bonds is 2. The summed E-state index contributed by atoms with van der Waals surface area (Å²) in [6.45, 7) is 1.63. The lowest BCUT2D eigenvalue weighted by Crippen LogP contribution is -2.44. The van der Waals surface area contributed by atoms with E-state index in [-0.39, 0.29) is 17.9 Å². The van der Waals surface area contributed by atoms with Gasteiger partial charge in [-0.1, -0.05) is 0 Å². The summed E-state index contributed by atoms with van der Waals surface area (Å²) in [5, 5.41) is 2.86. The molecule has 0 unspecified atom stereocenters. The van der Waals surface area contributed by atoms with Crippen molar-refractivity contribution in [1.29, 1.82) is 0 Å². The molecule has 6 heteroatoms. The number of anilines is 1. The molecule has 4 rings (SSSR count). The third kappa shape index (κ3) is 2.93. The molecule has 2 aliphatic rings. The highest BCUT2D eigenvalue weighted by atomic mass is 16.5. The van der Waals surface area contributed by atoms with E-state index in [1.807, 2.05) is 47.0 Å². The minimum atomic E-state index is -0.0861. The van der Waals surface area contributed by atoms with Crippen LogP contribution in [0.25, 0.3) is 0 Å². The minimum Gasteiger partial charge on any atom is -0.377 e. The average molecular weight is 339 g/mol. The van der Waals surface area contributed by atoms with Gasteiger partial charge in [0.05, 0.1) is 19.3 Å². The third-order valence-electron chi connectivity index (χ3n) is 4.96. The lowest BCUT2D eigenvalue weighted by molar-refractivity contribution is -0.116. The van der Waals surface area contributed by atoms with Gasteiger partial charge in [-0.2, -0.15) is 0 Å². The van der Waals surface area contributed by atoms with E-state index in [9.17, 15) is 9.59 Å². The number of ether oxygens (including phenoxy) is 1. The SMILES string of the molecule is Cn1cccc1[C@H]1COCCN1C(=O)c1ccc2c(c1)CCC(=O)N2. The Hall–Kier alpha value is -2.60. The average Bonchev–Trinajstić information content (AvgIpc) is 3.06. The predicted molar refractivity (Wildman–Crippen MR) is 93.4 cm³/mol. The first kappa shape index (κ1) is 15.9. The number of fused-ring (bicyclic) bond motifs is 1. The van der Waals surface area contributed by atoms with E-state index in [0.29, 0.717) is 38.2 Å². The summed E-state index contributed by atoms with van der Waals surface area (Å²) in [6, 6.07) is 9.46. The summed E-state index contributed by atoms with van der Waals surface area (Å²) in [5.74, 6) is 0.0396. The molecule has 130 valence electrons. The van der Waals surface area contributed by atoms with E-state index in [2.05, 4.69) is 5.32 Å². The van der Waals surface area contributed by atoms with E-state index in [1.165, 1.54) is 0 Å². The topological polar surface area (TPSA) is 63.6 Å². The van der Waals surface area contributed by atoms with Gasteiger partial charge in [0, 0.05) is 43.2 Å². The fraction of sp³-hybridized carbons (Fsp3) is 0.368. The van der Waals surface area contributed by atoms with Gasteiger partial charge in [-0.15, -0.1) is 0 Å². The van der Waals surface area contributed by atoms with Crippen molar-refractivity contribution in [2.75, 3.05) is 25.1 Å². The van der Waals surface area contributed by atoms with E-state index in [0.717, 1.165) is 16.9 Å². The smallest absolute Gasteiger partial charge is 0.254 e. The van der Waals surface area contributed by atoms with Crippen LogP contribution < -0.4 is 5.32 Å². The molecule has 2 aliphatic heterocycles. The zero-order valence-corrected chi connectivity index (χ0v) is 14.2.